The molecule has 0 aliphatic rings. The molecule has 0 aromatic heterocycles. The van der Waals surface area contributed by atoms with Crippen molar-refractivity contribution in [1.29, 1.82) is 0 Å². The molecule has 0 amide bonds. The van der Waals surface area contributed by atoms with Crippen molar-refractivity contribution >= 4 is 60.3 Å². The Balaban J connectivity index is 0.000000364. The summed E-state index contributed by atoms with van der Waals surface area (Å²) in [5, 5.41) is 41.3. The minimum Gasteiger partial charge on any atom is -0.868 e. The van der Waals surface area contributed by atoms with Gasteiger partial charge in [-0.3, -0.25) is 20.2 Å². The monoisotopic (exact) mass is 414 g/mol. The summed E-state index contributed by atoms with van der Waals surface area (Å²) < 4.78 is 0. The molecule has 0 saturated carbocycles. The largest absolute Gasteiger partial charge is 2.00 e. The molecule has 0 radical (unpaired) electrons. The molecular formula is C12H8BaN2O6. The minimum atomic E-state index is -0.692. The van der Waals surface area contributed by atoms with Gasteiger partial charge in [-0.15, -0.1) is 0 Å². The Morgan fingerprint density at radius 3 is 1.14 bits per heavy atom. The van der Waals surface area contributed by atoms with Gasteiger partial charge in [0.05, 0.1) is 9.85 Å². The van der Waals surface area contributed by atoms with Crippen LogP contribution in [0.4, 0.5) is 11.4 Å². The smallest absolute Gasteiger partial charge is 0.868 e. The van der Waals surface area contributed by atoms with Gasteiger partial charge in [0, 0.05) is 12.1 Å². The molecule has 104 valence electrons. The third-order valence-electron chi connectivity index (χ3n) is 2.12. The summed E-state index contributed by atoms with van der Waals surface area (Å²) >= 11 is 0. The van der Waals surface area contributed by atoms with Gasteiger partial charge in [-0.25, -0.2) is 0 Å². The van der Waals surface area contributed by atoms with E-state index < -0.39 is 21.3 Å². The van der Waals surface area contributed by atoms with Gasteiger partial charge in [-0.1, -0.05) is 36.4 Å². The minimum absolute atomic E-state index is 0. The fraction of sp³-hybridized carbons (Fsp3) is 0. The van der Waals surface area contributed by atoms with E-state index in [1.807, 2.05) is 0 Å². The van der Waals surface area contributed by atoms with Crippen LogP contribution < -0.4 is 10.2 Å². The van der Waals surface area contributed by atoms with Crippen molar-refractivity contribution in [3.8, 4) is 11.5 Å². The van der Waals surface area contributed by atoms with Crippen LogP contribution in [0.25, 0.3) is 0 Å². The van der Waals surface area contributed by atoms with E-state index in [-0.39, 0.29) is 60.3 Å². The SMILES string of the molecule is O=[N+]([O-])c1ccccc1[O-].O=[N+]([O-])c1ccccc1[O-].[Ba+2]. The number of nitro benzene ring substituents is 2. The fourth-order valence-electron chi connectivity index (χ4n) is 1.22. The van der Waals surface area contributed by atoms with Crippen LogP contribution in [0.5, 0.6) is 11.5 Å². The first kappa shape index (κ1) is 19.4. The van der Waals surface area contributed by atoms with Gasteiger partial charge in [0.1, 0.15) is 0 Å². The summed E-state index contributed by atoms with van der Waals surface area (Å²) in [5.74, 6) is -1.10. The molecule has 0 aliphatic heterocycles. The number of para-hydroxylation sites is 4. The number of nitro groups is 2. The fourth-order valence-corrected chi connectivity index (χ4v) is 1.22. The first-order valence-corrected chi connectivity index (χ1v) is 5.24. The number of rotatable bonds is 2. The maximum absolute atomic E-state index is 10.6. The van der Waals surface area contributed by atoms with E-state index >= 15 is 0 Å². The van der Waals surface area contributed by atoms with E-state index in [9.17, 15) is 30.4 Å². The zero-order chi connectivity index (χ0) is 15.1. The molecule has 0 spiro atoms. The van der Waals surface area contributed by atoms with Gasteiger partial charge in [0.25, 0.3) is 11.4 Å². The van der Waals surface area contributed by atoms with Gasteiger partial charge >= 0.3 is 48.9 Å². The van der Waals surface area contributed by atoms with Crippen molar-refractivity contribution in [2.24, 2.45) is 0 Å². The van der Waals surface area contributed by atoms with Crippen molar-refractivity contribution in [2.75, 3.05) is 0 Å². The second-order valence-electron chi connectivity index (χ2n) is 3.45. The molecule has 2 aromatic rings. The molecule has 0 saturated heterocycles. The zero-order valence-electron chi connectivity index (χ0n) is 10.7. The molecular weight excluding hydrogens is 405 g/mol. The van der Waals surface area contributed by atoms with Crippen LogP contribution in [0.1, 0.15) is 0 Å². The average Bonchev–Trinajstić information content (AvgIpc) is 2.40. The molecule has 8 nitrogen and oxygen atoms in total. The van der Waals surface area contributed by atoms with Crippen LogP contribution >= 0.6 is 0 Å². The second-order valence-corrected chi connectivity index (χ2v) is 3.45. The predicted molar refractivity (Wildman–Crippen MR) is 70.8 cm³/mol. The average molecular weight is 414 g/mol. The van der Waals surface area contributed by atoms with Gasteiger partial charge in [-0.05, 0) is 11.5 Å². The summed E-state index contributed by atoms with van der Waals surface area (Å²) in [6.07, 6.45) is 0. The Bertz CT molecular complexity index is 579. The van der Waals surface area contributed by atoms with E-state index in [0.29, 0.717) is 0 Å². The maximum Gasteiger partial charge on any atom is 2.00 e. The normalized spacial score (nSPS) is 8.76. The van der Waals surface area contributed by atoms with Crippen molar-refractivity contribution in [2.45, 2.75) is 0 Å². The van der Waals surface area contributed by atoms with Crippen LogP contribution in [0.15, 0.2) is 48.5 Å². The van der Waals surface area contributed by atoms with Crippen molar-refractivity contribution in [3.63, 3.8) is 0 Å². The van der Waals surface area contributed by atoms with Crippen LogP contribution in [0, 0.1) is 20.2 Å². The van der Waals surface area contributed by atoms with E-state index in [2.05, 4.69) is 0 Å². The van der Waals surface area contributed by atoms with E-state index in [0.717, 1.165) is 12.1 Å². The number of hydrogen-bond acceptors (Lipinski definition) is 6. The van der Waals surface area contributed by atoms with Gasteiger partial charge in [-0.2, -0.15) is 0 Å². The number of nitrogens with zero attached hydrogens (tertiary/aromatic N) is 2. The topological polar surface area (TPSA) is 132 Å². The first-order valence-electron chi connectivity index (χ1n) is 5.24. The Kier molecular flexibility index (Phi) is 8.66. The standard InChI is InChI=1S/2C6H5NO3.Ba/c2*8-6-4-2-1-3-5(6)7(9)10;/h2*1-4,8H;/q;;+2/p-2. The molecule has 0 heterocycles. The molecule has 9 heteroatoms. The Morgan fingerprint density at radius 1 is 0.667 bits per heavy atom. The molecule has 2 aromatic carbocycles. The predicted octanol–water partition coefficient (Wildman–Crippen LogP) is 0.956. The summed E-state index contributed by atoms with van der Waals surface area (Å²) in [6.45, 7) is 0. The second kappa shape index (κ2) is 9.37. The Labute approximate surface area is 159 Å². The summed E-state index contributed by atoms with van der Waals surface area (Å²) in [7, 11) is 0. The van der Waals surface area contributed by atoms with Crippen LogP contribution in [-0.2, 0) is 0 Å². The molecule has 0 atom stereocenters. The Morgan fingerprint density at radius 2 is 0.952 bits per heavy atom. The molecule has 0 aliphatic carbocycles. The van der Waals surface area contributed by atoms with Gasteiger partial charge in [0.15, 0.2) is 0 Å². The molecule has 0 bridgehead atoms. The quantitative estimate of drug-likeness (QED) is 0.409. The summed E-state index contributed by atoms with van der Waals surface area (Å²) in [4.78, 5) is 18.7. The molecule has 0 unspecified atom stereocenters. The Hall–Kier alpha value is -1.59. The van der Waals surface area contributed by atoms with Gasteiger partial charge in [0.2, 0.25) is 0 Å². The third kappa shape index (κ3) is 6.14. The van der Waals surface area contributed by atoms with Crippen molar-refractivity contribution in [1.82, 2.24) is 0 Å². The summed E-state index contributed by atoms with van der Waals surface area (Å²) in [5.41, 5.74) is -0.745. The van der Waals surface area contributed by atoms with Crippen molar-refractivity contribution in [3.05, 3.63) is 68.8 Å². The first-order chi connectivity index (χ1) is 9.43. The van der Waals surface area contributed by atoms with Crippen LogP contribution in [0.3, 0.4) is 0 Å². The molecule has 0 fully saturated rings. The summed E-state index contributed by atoms with van der Waals surface area (Å²) in [6, 6.07) is 10.5. The van der Waals surface area contributed by atoms with E-state index in [4.69, 9.17) is 0 Å². The number of hydrogen-bond donors (Lipinski definition) is 0. The van der Waals surface area contributed by atoms with Crippen molar-refractivity contribution < 1.29 is 20.1 Å². The molecule has 0 N–H and O–H groups in total. The maximum atomic E-state index is 10.6. The van der Waals surface area contributed by atoms with Gasteiger partial charge < -0.3 is 10.2 Å². The molecule has 21 heavy (non-hydrogen) atoms. The third-order valence-corrected chi connectivity index (χ3v) is 2.12. The number of benzene rings is 2. The van der Waals surface area contributed by atoms with E-state index in [1.165, 1.54) is 36.4 Å². The molecule has 2 rings (SSSR count). The van der Waals surface area contributed by atoms with E-state index in [1.54, 1.807) is 0 Å². The zero-order valence-corrected chi connectivity index (χ0v) is 15.1. The van der Waals surface area contributed by atoms with Crippen LogP contribution in [0.2, 0.25) is 0 Å². The van der Waals surface area contributed by atoms with Crippen LogP contribution in [-0.4, -0.2) is 58.7 Å².